The van der Waals surface area contributed by atoms with Gasteiger partial charge in [0.1, 0.15) is 5.82 Å². The number of carboxylic acids is 1. The number of aliphatic carboxylic acids is 1. The van der Waals surface area contributed by atoms with Gasteiger partial charge in [0.15, 0.2) is 5.92 Å². The first-order valence-corrected chi connectivity index (χ1v) is 5.04. The van der Waals surface area contributed by atoms with Crippen molar-refractivity contribution in [3.63, 3.8) is 0 Å². The molecule has 0 saturated carbocycles. The van der Waals surface area contributed by atoms with Crippen molar-refractivity contribution in [2.75, 3.05) is 0 Å². The monoisotopic (exact) mass is 250 g/mol. The van der Waals surface area contributed by atoms with Gasteiger partial charge in [0.2, 0.25) is 0 Å². The SMILES string of the molecule is CC(C)c1nccn1CC(C(=O)O)C(F)(F)F. The predicted molar refractivity (Wildman–Crippen MR) is 53.5 cm³/mol. The molecule has 1 heterocycles. The second kappa shape index (κ2) is 4.77. The van der Waals surface area contributed by atoms with Crippen LogP contribution < -0.4 is 0 Å². The largest absolute Gasteiger partial charge is 0.481 e. The van der Waals surface area contributed by atoms with Gasteiger partial charge in [-0.15, -0.1) is 0 Å². The number of halogens is 3. The number of rotatable bonds is 4. The third-order valence-corrected chi connectivity index (χ3v) is 2.34. The zero-order valence-electron chi connectivity index (χ0n) is 9.40. The minimum Gasteiger partial charge on any atom is -0.481 e. The first-order chi connectivity index (χ1) is 7.73. The van der Waals surface area contributed by atoms with Gasteiger partial charge in [-0.3, -0.25) is 4.79 Å². The molecule has 0 radical (unpaired) electrons. The van der Waals surface area contributed by atoms with Crippen molar-refractivity contribution in [3.8, 4) is 0 Å². The molecule has 0 amide bonds. The van der Waals surface area contributed by atoms with Crippen molar-refractivity contribution in [2.45, 2.75) is 32.5 Å². The van der Waals surface area contributed by atoms with Gasteiger partial charge in [-0.2, -0.15) is 13.2 Å². The van der Waals surface area contributed by atoms with Crippen LogP contribution in [0.25, 0.3) is 0 Å². The quantitative estimate of drug-likeness (QED) is 0.891. The average molecular weight is 250 g/mol. The van der Waals surface area contributed by atoms with E-state index in [-0.39, 0.29) is 5.92 Å². The van der Waals surface area contributed by atoms with Crippen molar-refractivity contribution in [2.24, 2.45) is 5.92 Å². The number of hydrogen-bond acceptors (Lipinski definition) is 2. The van der Waals surface area contributed by atoms with Gasteiger partial charge >= 0.3 is 12.1 Å². The second-order valence-corrected chi connectivity index (χ2v) is 4.02. The summed E-state index contributed by atoms with van der Waals surface area (Å²) in [4.78, 5) is 14.5. The van der Waals surface area contributed by atoms with Crippen LogP contribution in [-0.4, -0.2) is 26.8 Å². The van der Waals surface area contributed by atoms with Crippen LogP contribution in [0.5, 0.6) is 0 Å². The molecule has 1 aromatic rings. The molecule has 0 aliphatic carbocycles. The fourth-order valence-corrected chi connectivity index (χ4v) is 1.49. The van der Waals surface area contributed by atoms with Gasteiger partial charge in [0.25, 0.3) is 0 Å². The Balaban J connectivity index is 2.95. The maximum absolute atomic E-state index is 12.5. The first-order valence-electron chi connectivity index (χ1n) is 5.04. The number of imidazole rings is 1. The van der Waals surface area contributed by atoms with E-state index in [1.807, 2.05) is 0 Å². The summed E-state index contributed by atoms with van der Waals surface area (Å²) in [5.41, 5.74) is 0. The molecule has 96 valence electrons. The van der Waals surface area contributed by atoms with Crippen molar-refractivity contribution in [3.05, 3.63) is 18.2 Å². The van der Waals surface area contributed by atoms with Crippen molar-refractivity contribution in [1.82, 2.24) is 9.55 Å². The van der Waals surface area contributed by atoms with Crippen molar-refractivity contribution < 1.29 is 23.1 Å². The Morgan fingerprint density at radius 1 is 1.53 bits per heavy atom. The molecular weight excluding hydrogens is 237 g/mol. The minimum absolute atomic E-state index is 0.0623. The molecule has 0 fully saturated rings. The lowest BCUT2D eigenvalue weighted by molar-refractivity contribution is -0.196. The van der Waals surface area contributed by atoms with Gasteiger partial charge in [-0.1, -0.05) is 13.8 Å². The van der Waals surface area contributed by atoms with Gasteiger partial charge in [0.05, 0.1) is 0 Å². The van der Waals surface area contributed by atoms with Crippen LogP contribution >= 0.6 is 0 Å². The smallest absolute Gasteiger partial charge is 0.403 e. The van der Waals surface area contributed by atoms with Crippen LogP contribution in [0.3, 0.4) is 0 Å². The Kier molecular flexibility index (Phi) is 3.79. The molecule has 4 nitrogen and oxygen atoms in total. The standard InChI is InChI=1S/C10H13F3N2O2/c1-6(2)8-14-3-4-15(8)5-7(9(16)17)10(11,12)13/h3-4,6-7H,5H2,1-2H3,(H,16,17). The molecule has 1 unspecified atom stereocenters. The molecular formula is C10H13F3N2O2. The Morgan fingerprint density at radius 3 is 2.53 bits per heavy atom. The Labute approximate surface area is 96.1 Å². The van der Waals surface area contributed by atoms with Crippen molar-refractivity contribution in [1.29, 1.82) is 0 Å². The van der Waals surface area contributed by atoms with Crippen LogP contribution in [0.4, 0.5) is 13.2 Å². The molecule has 0 bridgehead atoms. The number of alkyl halides is 3. The van der Waals surface area contributed by atoms with E-state index in [2.05, 4.69) is 4.98 Å². The van der Waals surface area contributed by atoms with Crippen LogP contribution in [-0.2, 0) is 11.3 Å². The molecule has 7 heteroatoms. The molecule has 1 atom stereocenters. The summed E-state index contributed by atoms with van der Waals surface area (Å²) >= 11 is 0. The molecule has 17 heavy (non-hydrogen) atoms. The highest BCUT2D eigenvalue weighted by molar-refractivity contribution is 5.70. The van der Waals surface area contributed by atoms with Crippen LogP contribution in [0.2, 0.25) is 0 Å². The third kappa shape index (κ3) is 3.21. The molecule has 1 rings (SSSR count). The summed E-state index contributed by atoms with van der Waals surface area (Å²) in [5.74, 6) is -3.90. The van der Waals surface area contributed by atoms with E-state index in [0.29, 0.717) is 5.82 Å². The second-order valence-electron chi connectivity index (χ2n) is 4.02. The lowest BCUT2D eigenvalue weighted by atomic mass is 10.1. The number of nitrogens with zero attached hydrogens (tertiary/aromatic N) is 2. The number of aromatic nitrogens is 2. The Morgan fingerprint density at radius 2 is 2.12 bits per heavy atom. The highest BCUT2D eigenvalue weighted by atomic mass is 19.4. The lowest BCUT2D eigenvalue weighted by Gasteiger charge is -2.18. The van der Waals surface area contributed by atoms with Gasteiger partial charge in [-0.05, 0) is 0 Å². The average Bonchev–Trinajstić information content (AvgIpc) is 2.59. The van der Waals surface area contributed by atoms with Gasteiger partial charge in [0, 0.05) is 24.9 Å². The molecule has 1 N–H and O–H groups in total. The predicted octanol–water partition coefficient (Wildman–Crippen LogP) is 2.27. The van der Waals surface area contributed by atoms with E-state index in [1.165, 1.54) is 17.0 Å². The summed E-state index contributed by atoms with van der Waals surface area (Å²) < 4.78 is 38.7. The lowest BCUT2D eigenvalue weighted by Crippen LogP contribution is -2.34. The fraction of sp³-hybridized carbons (Fsp3) is 0.600. The zero-order valence-corrected chi connectivity index (χ0v) is 9.40. The molecule has 1 aromatic heterocycles. The van der Waals surface area contributed by atoms with Gasteiger partial charge in [-0.25, -0.2) is 4.98 Å². The van der Waals surface area contributed by atoms with E-state index in [0.717, 1.165) is 0 Å². The Hall–Kier alpha value is -1.53. The normalized spacial score (nSPS) is 14.0. The maximum Gasteiger partial charge on any atom is 0.403 e. The maximum atomic E-state index is 12.5. The van der Waals surface area contributed by atoms with Crippen LogP contribution in [0.1, 0.15) is 25.6 Å². The van der Waals surface area contributed by atoms with E-state index < -0.39 is 24.6 Å². The summed E-state index contributed by atoms with van der Waals surface area (Å²) in [6.07, 6.45) is -2.04. The number of carboxylic acid groups (broad SMARTS) is 1. The number of hydrogen-bond donors (Lipinski definition) is 1. The van der Waals surface area contributed by atoms with E-state index >= 15 is 0 Å². The summed E-state index contributed by atoms with van der Waals surface area (Å²) in [5, 5.41) is 8.58. The summed E-state index contributed by atoms with van der Waals surface area (Å²) in [6.45, 7) is 2.91. The van der Waals surface area contributed by atoms with E-state index in [4.69, 9.17) is 5.11 Å². The van der Waals surface area contributed by atoms with Crippen LogP contribution in [0, 0.1) is 5.92 Å². The molecule has 0 aromatic carbocycles. The summed E-state index contributed by atoms with van der Waals surface area (Å²) in [7, 11) is 0. The summed E-state index contributed by atoms with van der Waals surface area (Å²) in [6, 6.07) is 0. The zero-order chi connectivity index (χ0) is 13.2. The van der Waals surface area contributed by atoms with Gasteiger partial charge < -0.3 is 9.67 Å². The van der Waals surface area contributed by atoms with E-state index in [1.54, 1.807) is 13.8 Å². The van der Waals surface area contributed by atoms with Crippen molar-refractivity contribution >= 4 is 5.97 Å². The highest BCUT2D eigenvalue weighted by Gasteiger charge is 2.45. The molecule has 0 aliphatic rings. The van der Waals surface area contributed by atoms with Crippen LogP contribution in [0.15, 0.2) is 12.4 Å². The molecule has 0 saturated heterocycles. The van der Waals surface area contributed by atoms with E-state index in [9.17, 15) is 18.0 Å². The fourth-order valence-electron chi connectivity index (χ4n) is 1.49. The third-order valence-electron chi connectivity index (χ3n) is 2.34. The number of carbonyl (C=O) groups is 1. The molecule has 0 aliphatic heterocycles. The highest BCUT2D eigenvalue weighted by Crippen LogP contribution is 2.28. The minimum atomic E-state index is -4.76. The Bertz CT molecular complexity index is 399. The topological polar surface area (TPSA) is 55.1 Å². The molecule has 0 spiro atoms. The first kappa shape index (κ1) is 13.5.